The lowest BCUT2D eigenvalue weighted by Gasteiger charge is -1.93. The van der Waals surface area contributed by atoms with Crippen LogP contribution < -0.4 is 9.47 Å². The molecule has 0 saturated heterocycles. The van der Waals surface area contributed by atoms with Gasteiger partial charge in [-0.3, -0.25) is 10.1 Å². The van der Waals surface area contributed by atoms with Crippen LogP contribution >= 0.6 is 0 Å². The van der Waals surface area contributed by atoms with E-state index in [1.54, 1.807) is 0 Å². The lowest BCUT2D eigenvalue weighted by Crippen LogP contribution is -1.93. The minimum atomic E-state index is -2.24. The summed E-state index contributed by atoms with van der Waals surface area (Å²) in [6.45, 7) is -2.24. The van der Waals surface area contributed by atoms with Crippen LogP contribution in [0.4, 0.5) is 5.69 Å². The van der Waals surface area contributed by atoms with Gasteiger partial charge in [0.15, 0.2) is 11.5 Å². The average Bonchev–Trinajstić information content (AvgIpc) is 2.36. The van der Waals surface area contributed by atoms with Gasteiger partial charge >= 0.3 is 0 Å². The van der Waals surface area contributed by atoms with Gasteiger partial charge in [-0.1, -0.05) is 0 Å². The van der Waals surface area contributed by atoms with Crippen LogP contribution in [0.25, 0.3) is 0 Å². The second-order valence-corrected chi connectivity index (χ2v) is 2.18. The molecule has 0 unspecified atom stereocenters. The van der Waals surface area contributed by atoms with Crippen LogP contribution in [0.3, 0.4) is 0 Å². The highest BCUT2D eigenvalue weighted by atomic mass is 16.7. The van der Waals surface area contributed by atoms with E-state index in [0.29, 0.717) is 0 Å². The lowest BCUT2D eigenvalue weighted by atomic mass is 10.3. The molecule has 0 bridgehead atoms. The van der Waals surface area contributed by atoms with Crippen molar-refractivity contribution >= 4 is 5.69 Å². The molecular formula is C7H5NO4. The molecule has 1 aromatic carbocycles. The van der Waals surface area contributed by atoms with Crippen molar-refractivity contribution in [2.45, 2.75) is 0 Å². The van der Waals surface area contributed by atoms with Crippen LogP contribution in [0.1, 0.15) is 2.74 Å². The highest BCUT2D eigenvalue weighted by molar-refractivity contribution is 5.49. The zero-order valence-corrected chi connectivity index (χ0v) is 5.81. The molecule has 0 amide bonds. The van der Waals surface area contributed by atoms with Crippen molar-refractivity contribution in [3.8, 4) is 11.5 Å². The van der Waals surface area contributed by atoms with Gasteiger partial charge in [-0.15, -0.1) is 0 Å². The van der Waals surface area contributed by atoms with E-state index in [0.717, 1.165) is 6.07 Å². The lowest BCUT2D eigenvalue weighted by molar-refractivity contribution is -0.384. The summed E-state index contributed by atoms with van der Waals surface area (Å²) >= 11 is 0. The van der Waals surface area contributed by atoms with E-state index in [4.69, 9.17) is 12.2 Å². The quantitative estimate of drug-likeness (QED) is 0.470. The normalized spacial score (nSPS) is 19.7. The van der Waals surface area contributed by atoms with Crippen LogP contribution in [-0.4, -0.2) is 11.7 Å². The molecular weight excluding hydrogens is 162 g/mol. The van der Waals surface area contributed by atoms with E-state index in [2.05, 4.69) is 0 Å². The molecule has 0 fully saturated rings. The van der Waals surface area contributed by atoms with Gasteiger partial charge in [-0.25, -0.2) is 0 Å². The molecule has 0 saturated carbocycles. The van der Waals surface area contributed by atoms with E-state index in [1.165, 1.54) is 12.1 Å². The Kier molecular flexibility index (Phi) is 0.981. The molecule has 2 rings (SSSR count). The highest BCUT2D eigenvalue weighted by Crippen LogP contribution is 2.34. The van der Waals surface area contributed by atoms with Crippen LogP contribution in [0, 0.1) is 10.1 Å². The van der Waals surface area contributed by atoms with Gasteiger partial charge in [0, 0.05) is 6.07 Å². The third-order valence-corrected chi connectivity index (χ3v) is 1.44. The van der Waals surface area contributed by atoms with Crippen LogP contribution in [0.15, 0.2) is 18.2 Å². The Labute approximate surface area is 70.5 Å². The van der Waals surface area contributed by atoms with E-state index in [1.807, 2.05) is 0 Å². The van der Waals surface area contributed by atoms with Crippen molar-refractivity contribution in [2.24, 2.45) is 0 Å². The number of fused-ring (bicyclic) bond motifs is 1. The van der Waals surface area contributed by atoms with Gasteiger partial charge in [-0.05, 0) is 6.07 Å². The third kappa shape index (κ3) is 0.952. The van der Waals surface area contributed by atoms with E-state index in [-0.39, 0.29) is 17.2 Å². The number of nitro benzene ring substituents is 1. The van der Waals surface area contributed by atoms with Crippen LogP contribution in [0.5, 0.6) is 11.5 Å². The van der Waals surface area contributed by atoms with Crippen molar-refractivity contribution in [3.63, 3.8) is 0 Å². The highest BCUT2D eigenvalue weighted by Gasteiger charge is 2.17. The van der Waals surface area contributed by atoms with Gasteiger partial charge in [-0.2, -0.15) is 0 Å². The molecule has 1 heterocycles. The number of non-ortho nitro benzene ring substituents is 1. The van der Waals surface area contributed by atoms with Crippen molar-refractivity contribution < 1.29 is 17.1 Å². The maximum atomic E-state index is 10.4. The fourth-order valence-corrected chi connectivity index (χ4v) is 0.885. The minimum Gasteiger partial charge on any atom is -0.454 e. The molecule has 12 heavy (non-hydrogen) atoms. The van der Waals surface area contributed by atoms with Crippen molar-refractivity contribution in [1.29, 1.82) is 0 Å². The largest absolute Gasteiger partial charge is 0.454 e. The summed E-state index contributed by atoms with van der Waals surface area (Å²) in [7, 11) is 0. The number of hydrogen-bond donors (Lipinski definition) is 0. The van der Waals surface area contributed by atoms with Gasteiger partial charge in [0.1, 0.15) is 2.74 Å². The first kappa shape index (κ1) is 4.97. The first-order valence-electron chi connectivity index (χ1n) is 4.14. The smallest absolute Gasteiger partial charge is 0.273 e. The summed E-state index contributed by atoms with van der Waals surface area (Å²) < 4.78 is 23.6. The number of benzene rings is 1. The first-order valence-corrected chi connectivity index (χ1v) is 3.14. The molecule has 1 aromatic rings. The second-order valence-electron chi connectivity index (χ2n) is 2.18. The first-order chi connectivity index (χ1) is 6.48. The van der Waals surface area contributed by atoms with E-state index in [9.17, 15) is 10.1 Å². The summed E-state index contributed by atoms with van der Waals surface area (Å²) in [5.74, 6) is 0.213. The Morgan fingerprint density at radius 3 is 3.00 bits per heavy atom. The molecule has 0 aliphatic carbocycles. The predicted molar refractivity (Wildman–Crippen MR) is 39.2 cm³/mol. The molecule has 0 aromatic heterocycles. The average molecular weight is 169 g/mol. The number of nitrogens with zero attached hydrogens (tertiary/aromatic N) is 1. The Bertz CT molecular complexity index is 407. The van der Waals surface area contributed by atoms with E-state index < -0.39 is 11.7 Å². The molecule has 1 aliphatic heterocycles. The minimum absolute atomic E-state index is 0.0456. The Balaban J connectivity index is 2.40. The Morgan fingerprint density at radius 2 is 2.25 bits per heavy atom. The monoisotopic (exact) mass is 169 g/mol. The Morgan fingerprint density at radius 1 is 1.50 bits per heavy atom. The SMILES string of the molecule is [2H]C1([2H])Oc2ccc([N+](=O)[O-])cc2O1. The molecule has 5 nitrogen and oxygen atoms in total. The number of hydrogen-bond acceptors (Lipinski definition) is 4. The molecule has 0 spiro atoms. The fraction of sp³-hybridized carbons (Fsp3) is 0.143. The van der Waals surface area contributed by atoms with Crippen molar-refractivity contribution in [2.75, 3.05) is 6.75 Å². The topological polar surface area (TPSA) is 61.6 Å². The number of nitro groups is 1. The van der Waals surface area contributed by atoms with Crippen LogP contribution in [-0.2, 0) is 0 Å². The third-order valence-electron chi connectivity index (χ3n) is 1.44. The van der Waals surface area contributed by atoms with Crippen LogP contribution in [0.2, 0.25) is 0 Å². The summed E-state index contributed by atoms with van der Waals surface area (Å²) in [5, 5.41) is 10.4. The van der Waals surface area contributed by atoms with Crippen molar-refractivity contribution in [3.05, 3.63) is 28.3 Å². The molecule has 62 valence electrons. The van der Waals surface area contributed by atoms with E-state index >= 15 is 0 Å². The summed E-state index contributed by atoms with van der Waals surface area (Å²) in [5.41, 5.74) is -0.162. The molecule has 1 aliphatic rings. The zero-order valence-electron chi connectivity index (χ0n) is 7.81. The van der Waals surface area contributed by atoms with Gasteiger partial charge in [0.05, 0.1) is 11.0 Å². The summed E-state index contributed by atoms with van der Waals surface area (Å²) in [4.78, 5) is 9.79. The molecule has 0 atom stereocenters. The van der Waals surface area contributed by atoms with Crippen molar-refractivity contribution in [1.82, 2.24) is 0 Å². The predicted octanol–water partition coefficient (Wildman–Crippen LogP) is 1.32. The summed E-state index contributed by atoms with van der Waals surface area (Å²) in [6.07, 6.45) is 0. The maximum absolute atomic E-state index is 10.4. The van der Waals surface area contributed by atoms with Gasteiger partial charge < -0.3 is 9.47 Å². The summed E-state index contributed by atoms with van der Waals surface area (Å²) in [6, 6.07) is 3.65. The fourth-order valence-electron chi connectivity index (χ4n) is 0.885. The molecule has 5 heteroatoms. The Hall–Kier alpha value is -1.78. The number of ether oxygens (including phenoxy) is 2. The molecule has 0 radical (unpaired) electrons. The van der Waals surface area contributed by atoms with Gasteiger partial charge in [0.2, 0.25) is 6.75 Å². The second kappa shape index (κ2) is 2.37. The standard InChI is InChI=1S/C7H5NO4/c9-8(10)5-1-2-6-7(3-5)12-4-11-6/h1-3H,4H2/i4D2. The molecule has 0 N–H and O–H groups in total. The zero-order chi connectivity index (χ0) is 10.3. The van der Waals surface area contributed by atoms with Gasteiger partial charge in [0.25, 0.3) is 5.69 Å². The number of rotatable bonds is 1. The maximum Gasteiger partial charge on any atom is 0.273 e.